The third-order valence-electron chi connectivity index (χ3n) is 3.45. The zero-order valence-corrected chi connectivity index (χ0v) is 17.0. The van der Waals surface area contributed by atoms with Gasteiger partial charge in [0.15, 0.2) is 0 Å². The summed E-state index contributed by atoms with van der Waals surface area (Å²) in [5.41, 5.74) is 2.70. The first-order chi connectivity index (χ1) is 10.7. The van der Waals surface area contributed by atoms with Crippen molar-refractivity contribution in [3.8, 4) is 0 Å². The topological polar surface area (TPSA) is 9.86 Å². The van der Waals surface area contributed by atoms with E-state index in [4.69, 9.17) is 0 Å². The molecule has 2 aromatic rings. The summed E-state index contributed by atoms with van der Waals surface area (Å²) in [5, 5.41) is 0. The minimum atomic E-state index is 0. The van der Waals surface area contributed by atoms with Gasteiger partial charge >= 0.3 is 19.5 Å². The van der Waals surface area contributed by atoms with Crippen LogP contribution in [0.25, 0.3) is 0 Å². The van der Waals surface area contributed by atoms with Crippen molar-refractivity contribution in [1.82, 2.24) is 9.13 Å². The van der Waals surface area contributed by atoms with Crippen LogP contribution in [0.5, 0.6) is 0 Å². The number of hydrogen-bond donors (Lipinski definition) is 0. The van der Waals surface area contributed by atoms with Crippen LogP contribution in [-0.4, -0.2) is 9.13 Å². The first-order valence-corrected chi connectivity index (χ1v) is 8.88. The van der Waals surface area contributed by atoms with Crippen molar-refractivity contribution >= 4 is 0 Å². The quantitative estimate of drug-likeness (QED) is 0.420. The van der Waals surface area contributed by atoms with Crippen LogP contribution in [0.3, 0.4) is 0 Å². The molecule has 2 heterocycles. The molecule has 0 atom stereocenters. The molecule has 0 spiro atoms. The van der Waals surface area contributed by atoms with Crippen LogP contribution in [-0.2, 0) is 45.4 Å². The second-order valence-electron chi connectivity index (χ2n) is 5.79. The Kier molecular flexibility index (Phi) is 13.1. The average Bonchev–Trinajstić information content (AvgIpc) is 3.12. The van der Waals surface area contributed by atoms with Gasteiger partial charge in [0.25, 0.3) is 0 Å². The Morgan fingerprint density at radius 1 is 0.696 bits per heavy atom. The van der Waals surface area contributed by atoms with Gasteiger partial charge in [0.2, 0.25) is 0 Å². The van der Waals surface area contributed by atoms with Gasteiger partial charge in [-0.3, -0.25) is 0 Å². The molecule has 23 heavy (non-hydrogen) atoms. The van der Waals surface area contributed by atoms with Crippen molar-refractivity contribution in [1.29, 1.82) is 0 Å². The third kappa shape index (κ3) is 9.15. The Labute approximate surface area is 156 Å². The Balaban J connectivity index is 0.000000403. The summed E-state index contributed by atoms with van der Waals surface area (Å²) in [5.74, 6) is 0. The summed E-state index contributed by atoms with van der Waals surface area (Å²) in [7, 11) is 0. The molecule has 0 amide bonds. The zero-order chi connectivity index (χ0) is 16.2. The van der Waals surface area contributed by atoms with E-state index in [1.807, 2.05) is 0 Å². The maximum Gasteiger partial charge on any atom is 2.00 e. The fraction of sp³-hybridized carbons (Fsp3) is 0.600. The summed E-state index contributed by atoms with van der Waals surface area (Å²) in [6.07, 6.45) is 18.0. The van der Waals surface area contributed by atoms with Crippen molar-refractivity contribution < 1.29 is 19.5 Å². The average molecular weight is 402 g/mol. The molecule has 0 saturated heterocycles. The first-order valence-electron chi connectivity index (χ1n) is 8.88. The minimum absolute atomic E-state index is 0. The molecule has 0 unspecified atom stereocenters. The Bertz CT molecular complexity index is 412. The van der Waals surface area contributed by atoms with Gasteiger partial charge in [0.05, 0.1) is 0 Å². The molecule has 0 saturated carbocycles. The van der Waals surface area contributed by atoms with E-state index in [-0.39, 0.29) is 19.5 Å². The van der Waals surface area contributed by atoms with Crippen LogP contribution >= 0.6 is 0 Å². The van der Waals surface area contributed by atoms with Crippen molar-refractivity contribution in [2.24, 2.45) is 0 Å². The second-order valence-corrected chi connectivity index (χ2v) is 5.79. The monoisotopic (exact) mass is 402 g/mol. The van der Waals surface area contributed by atoms with Gasteiger partial charge in [-0.25, -0.2) is 0 Å². The Hall–Kier alpha value is -0.817. The molecule has 0 aliphatic carbocycles. The second kappa shape index (κ2) is 13.6. The number of hydrogen-bond acceptors (Lipinski definition) is 0. The van der Waals surface area contributed by atoms with Crippen LogP contribution in [0.4, 0.5) is 0 Å². The summed E-state index contributed by atoms with van der Waals surface area (Å²) < 4.78 is 4.29. The smallest absolute Gasteiger partial charge is 0.471 e. The van der Waals surface area contributed by atoms with Crippen molar-refractivity contribution in [3.63, 3.8) is 0 Å². The zero-order valence-electron chi connectivity index (χ0n) is 15.2. The summed E-state index contributed by atoms with van der Waals surface area (Å²) in [6.45, 7) is 11.0. The number of aromatic nitrogens is 2. The number of rotatable bonds is 8. The summed E-state index contributed by atoms with van der Waals surface area (Å²) in [4.78, 5) is 0. The van der Waals surface area contributed by atoms with E-state index < -0.39 is 0 Å². The van der Waals surface area contributed by atoms with Crippen LogP contribution < -0.4 is 0 Å². The molecule has 0 aliphatic rings. The molecular weight excluding hydrogens is 369 g/mol. The summed E-state index contributed by atoms with van der Waals surface area (Å²) >= 11 is 0. The van der Waals surface area contributed by atoms with E-state index >= 15 is 0 Å². The van der Waals surface area contributed by atoms with Gasteiger partial charge in [-0.05, 0) is 25.9 Å². The van der Waals surface area contributed by atoms with E-state index in [2.05, 4.69) is 73.7 Å². The normalized spacial score (nSPS) is 9.91. The molecule has 3 heteroatoms. The van der Waals surface area contributed by atoms with Crippen molar-refractivity contribution in [2.45, 2.75) is 79.3 Å². The van der Waals surface area contributed by atoms with Gasteiger partial charge in [0, 0.05) is 0 Å². The molecule has 130 valence electrons. The van der Waals surface area contributed by atoms with Gasteiger partial charge < -0.3 is 9.13 Å². The number of nitrogens with zero attached hydrogens (tertiary/aromatic N) is 2. The van der Waals surface area contributed by atoms with Gasteiger partial charge in [0.1, 0.15) is 0 Å². The Morgan fingerprint density at radius 3 is 1.39 bits per heavy atom. The van der Waals surface area contributed by atoms with Crippen LogP contribution in [0.2, 0.25) is 0 Å². The van der Waals surface area contributed by atoms with Crippen molar-refractivity contribution in [2.75, 3.05) is 0 Å². The number of aryl methyl sites for hydroxylation is 4. The molecule has 2 aromatic heterocycles. The minimum Gasteiger partial charge on any atom is -0.471 e. The van der Waals surface area contributed by atoms with Crippen LogP contribution in [0.1, 0.15) is 64.5 Å². The van der Waals surface area contributed by atoms with Gasteiger partial charge in [-0.1, -0.05) is 53.4 Å². The molecular formula is C20H32N2Ru. The molecule has 0 aromatic carbocycles. The van der Waals surface area contributed by atoms with Crippen LogP contribution in [0.15, 0.2) is 24.5 Å². The van der Waals surface area contributed by atoms with Crippen molar-refractivity contribution in [3.05, 3.63) is 48.0 Å². The van der Waals surface area contributed by atoms with E-state index in [9.17, 15) is 0 Å². The standard InChI is InChI=1S/2C10H16N.Ru/c2*1-3-5-10-6-8-11(9-10)7-4-2;/h2*6,8H,3-5,7H2,1-2H3;/q2*-1;+2. The van der Waals surface area contributed by atoms with Crippen LogP contribution in [0, 0.1) is 12.4 Å². The summed E-state index contributed by atoms with van der Waals surface area (Å²) in [6, 6.07) is 4.33. The van der Waals surface area contributed by atoms with Gasteiger partial charge in [-0.2, -0.15) is 23.3 Å². The van der Waals surface area contributed by atoms with Gasteiger partial charge in [-0.15, -0.1) is 24.8 Å². The molecule has 2 rings (SSSR count). The van der Waals surface area contributed by atoms with E-state index in [1.165, 1.54) is 36.8 Å². The fourth-order valence-electron chi connectivity index (χ4n) is 2.44. The molecule has 2 nitrogen and oxygen atoms in total. The maximum atomic E-state index is 3.33. The van der Waals surface area contributed by atoms with E-state index in [0.717, 1.165) is 25.9 Å². The predicted molar refractivity (Wildman–Crippen MR) is 95.1 cm³/mol. The SMILES string of the molecule is CCCc1[c-]n(CCC)cc1.CCCc1[c-]n(CCC)cc1.[Ru+2]. The molecule has 0 aliphatic heterocycles. The predicted octanol–water partition coefficient (Wildman–Crippen LogP) is 5.30. The molecule has 0 radical (unpaired) electrons. The molecule has 0 bridgehead atoms. The molecule has 0 N–H and O–H groups in total. The fourth-order valence-corrected chi connectivity index (χ4v) is 2.44. The first kappa shape index (κ1) is 22.2. The molecule has 0 fully saturated rings. The Morgan fingerprint density at radius 2 is 1.09 bits per heavy atom. The van der Waals surface area contributed by atoms with E-state index in [0.29, 0.717) is 0 Å². The maximum absolute atomic E-state index is 3.33. The van der Waals surface area contributed by atoms with E-state index in [1.54, 1.807) is 0 Å². The largest absolute Gasteiger partial charge is 2.00 e. The third-order valence-corrected chi connectivity index (χ3v) is 3.45.